The Labute approximate surface area is 282 Å². The number of nitrogens with one attached hydrogen (secondary N) is 2. The van der Waals surface area contributed by atoms with Gasteiger partial charge in [0.25, 0.3) is 0 Å². The molecule has 10 nitrogen and oxygen atoms in total. The van der Waals surface area contributed by atoms with Crippen LogP contribution in [-0.2, 0) is 6.42 Å². The maximum Gasteiger partial charge on any atom is 0.212 e. The lowest BCUT2D eigenvalue weighted by Crippen LogP contribution is -2.32. The molecule has 0 saturated carbocycles. The van der Waals surface area contributed by atoms with Crippen molar-refractivity contribution in [3.05, 3.63) is 76.1 Å². The molecule has 0 amide bonds. The second-order valence-corrected chi connectivity index (χ2v) is 12.9. The molecule has 0 unspecified atom stereocenters. The SMILES string of the molecule is CNCC#Cc1ccc(OCCCc2sc(N(CCCN(C)C)C(=N)/C=C(/C)C(N)=Nc3nc4ccccc4s3)nc2C=O)c(F)c1. The molecule has 13 heteroatoms. The first-order valence-electron chi connectivity index (χ1n) is 15.1. The van der Waals surface area contributed by atoms with E-state index in [0.29, 0.717) is 53.0 Å². The quantitative estimate of drug-likeness (QED) is 0.0484. The Balaban J connectivity index is 1.45. The summed E-state index contributed by atoms with van der Waals surface area (Å²) in [6.07, 6.45) is 4.21. The standard InChI is InChI=1S/C34H39FN8O2S2/c1-23(32(37)41-33-39-26-11-5-6-12-29(26)46-33)20-31(36)43(18-9-17-42(3)4)34-40-27(22-44)30(47-34)13-8-19-45-28-15-14-24(21-25(28)35)10-7-16-38-2/h5-6,11-12,14-15,20-22,36,38H,8-9,13,16-19H2,1-4H3,(H2,37,39,41)/b23-20-,36-31?. The number of benzene rings is 2. The number of aryl methyl sites for hydroxylation is 1. The van der Waals surface area contributed by atoms with Crippen molar-refractivity contribution in [1.29, 1.82) is 5.41 Å². The van der Waals surface area contributed by atoms with Gasteiger partial charge in [-0.05, 0) is 95.9 Å². The topological polar surface area (TPSA) is 133 Å². The van der Waals surface area contributed by atoms with Crippen molar-refractivity contribution >= 4 is 61.1 Å². The summed E-state index contributed by atoms with van der Waals surface area (Å²) in [7, 11) is 5.78. The van der Waals surface area contributed by atoms with Crippen LogP contribution >= 0.6 is 22.7 Å². The molecular formula is C34H39FN8O2S2. The number of aliphatic imine (C=N–C) groups is 1. The molecule has 2 aromatic carbocycles. The summed E-state index contributed by atoms with van der Waals surface area (Å²) in [6.45, 7) is 3.90. The fraction of sp³-hybridized carbons (Fsp3) is 0.324. The molecule has 2 heterocycles. The van der Waals surface area contributed by atoms with E-state index in [4.69, 9.17) is 15.9 Å². The lowest BCUT2D eigenvalue weighted by Gasteiger charge is -2.22. The number of fused-ring (bicyclic) bond motifs is 1. The molecule has 4 N–H and O–H groups in total. The van der Waals surface area contributed by atoms with E-state index in [2.05, 4.69) is 37.0 Å². The van der Waals surface area contributed by atoms with Crippen LogP contribution in [0.4, 0.5) is 14.7 Å². The van der Waals surface area contributed by atoms with E-state index in [1.165, 1.54) is 28.7 Å². The van der Waals surface area contributed by atoms with Crippen LogP contribution in [0.2, 0.25) is 0 Å². The molecule has 0 aliphatic heterocycles. The maximum absolute atomic E-state index is 14.5. The molecule has 0 saturated heterocycles. The average molecular weight is 675 g/mol. The molecule has 2 aromatic heterocycles. The maximum atomic E-state index is 14.5. The molecule has 0 aliphatic rings. The van der Waals surface area contributed by atoms with Gasteiger partial charge < -0.3 is 25.6 Å². The first-order chi connectivity index (χ1) is 22.7. The van der Waals surface area contributed by atoms with Crippen molar-refractivity contribution in [2.75, 3.05) is 52.3 Å². The van der Waals surface area contributed by atoms with E-state index in [-0.39, 0.29) is 24.0 Å². The van der Waals surface area contributed by atoms with Crippen LogP contribution in [0, 0.1) is 23.1 Å². The molecule has 0 radical (unpaired) electrons. The highest BCUT2D eigenvalue weighted by molar-refractivity contribution is 7.22. The summed E-state index contributed by atoms with van der Waals surface area (Å²) in [5.41, 5.74) is 8.69. The number of nitrogens with two attached hydrogens (primary N) is 1. The zero-order valence-electron chi connectivity index (χ0n) is 27.0. The molecule has 0 aliphatic carbocycles. The second kappa shape index (κ2) is 17.4. The number of aromatic nitrogens is 2. The summed E-state index contributed by atoms with van der Waals surface area (Å²) < 4.78 is 21.2. The monoisotopic (exact) mass is 674 g/mol. The lowest BCUT2D eigenvalue weighted by molar-refractivity contribution is 0.111. The highest BCUT2D eigenvalue weighted by Crippen LogP contribution is 2.29. The number of thiazole rings is 2. The Hall–Kier alpha value is -4.48. The van der Waals surface area contributed by atoms with Crippen LogP contribution in [0.3, 0.4) is 0 Å². The predicted molar refractivity (Wildman–Crippen MR) is 191 cm³/mol. The minimum Gasteiger partial charge on any atom is -0.491 e. The Morgan fingerprint density at radius 3 is 2.70 bits per heavy atom. The summed E-state index contributed by atoms with van der Waals surface area (Å²) in [5.74, 6) is 5.92. The van der Waals surface area contributed by atoms with Gasteiger partial charge in [-0.15, -0.1) is 11.3 Å². The number of hydrogen-bond acceptors (Lipinski definition) is 10. The van der Waals surface area contributed by atoms with Gasteiger partial charge in [0.2, 0.25) is 5.13 Å². The number of anilines is 1. The zero-order chi connectivity index (χ0) is 33.8. The molecule has 0 atom stereocenters. The molecule has 246 valence electrons. The third-order valence-corrected chi connectivity index (χ3v) is 8.91. The van der Waals surface area contributed by atoms with Gasteiger partial charge in [-0.25, -0.2) is 19.4 Å². The lowest BCUT2D eigenvalue weighted by atomic mass is 10.2. The van der Waals surface area contributed by atoms with E-state index in [0.717, 1.165) is 34.3 Å². The zero-order valence-corrected chi connectivity index (χ0v) is 28.6. The molecule has 47 heavy (non-hydrogen) atoms. The van der Waals surface area contributed by atoms with E-state index in [1.807, 2.05) is 38.4 Å². The van der Waals surface area contributed by atoms with Crippen molar-refractivity contribution in [3.8, 4) is 17.6 Å². The van der Waals surface area contributed by atoms with Gasteiger partial charge in [-0.1, -0.05) is 35.3 Å². The van der Waals surface area contributed by atoms with Crippen molar-refractivity contribution in [3.63, 3.8) is 0 Å². The molecule has 4 aromatic rings. The van der Waals surface area contributed by atoms with Gasteiger partial charge in [0, 0.05) is 17.0 Å². The summed E-state index contributed by atoms with van der Waals surface area (Å²) in [6, 6.07) is 12.4. The second-order valence-electron chi connectivity index (χ2n) is 10.8. The fourth-order valence-corrected chi connectivity index (χ4v) is 6.36. The summed E-state index contributed by atoms with van der Waals surface area (Å²) >= 11 is 2.81. The highest BCUT2D eigenvalue weighted by Gasteiger charge is 2.19. The van der Waals surface area contributed by atoms with Crippen molar-refractivity contribution in [1.82, 2.24) is 20.2 Å². The number of ether oxygens (including phenoxy) is 1. The van der Waals surface area contributed by atoms with Crippen LogP contribution in [0.15, 0.2) is 59.1 Å². The third-order valence-electron chi connectivity index (χ3n) is 6.83. The van der Waals surface area contributed by atoms with Gasteiger partial charge in [0.1, 0.15) is 17.4 Å². The Morgan fingerprint density at radius 2 is 1.98 bits per heavy atom. The Morgan fingerprint density at radius 1 is 1.17 bits per heavy atom. The third kappa shape index (κ3) is 10.3. The van der Waals surface area contributed by atoms with Crippen LogP contribution in [0.25, 0.3) is 10.2 Å². The molecular weight excluding hydrogens is 636 g/mol. The van der Waals surface area contributed by atoms with Crippen molar-refractivity contribution in [2.24, 2.45) is 10.7 Å². The number of hydrogen-bond donors (Lipinski definition) is 3. The van der Waals surface area contributed by atoms with E-state index < -0.39 is 5.82 Å². The number of amidine groups is 2. The van der Waals surface area contributed by atoms with E-state index >= 15 is 0 Å². The number of para-hydroxylation sites is 1. The predicted octanol–water partition coefficient (Wildman–Crippen LogP) is 5.66. The fourth-order valence-electron chi connectivity index (χ4n) is 4.40. The number of halogens is 1. The first-order valence-corrected chi connectivity index (χ1v) is 16.7. The molecule has 4 rings (SSSR count). The van der Waals surface area contributed by atoms with Crippen molar-refractivity contribution < 1.29 is 13.9 Å². The Bertz CT molecular complexity index is 1790. The van der Waals surface area contributed by atoms with E-state index in [9.17, 15) is 9.18 Å². The first kappa shape index (κ1) is 35.4. The largest absolute Gasteiger partial charge is 0.491 e. The number of carbonyl (C=O) groups is 1. The molecule has 0 bridgehead atoms. The Kier molecular flexibility index (Phi) is 13.1. The van der Waals surface area contributed by atoms with Gasteiger partial charge in [-0.2, -0.15) is 0 Å². The summed E-state index contributed by atoms with van der Waals surface area (Å²) in [4.78, 5) is 30.2. The number of nitrogens with zero attached hydrogens (tertiary/aromatic N) is 5. The van der Waals surface area contributed by atoms with Gasteiger partial charge in [-0.3, -0.25) is 10.2 Å². The number of aldehydes is 1. The van der Waals surface area contributed by atoms with Crippen LogP contribution in [0.1, 0.15) is 40.7 Å². The van der Waals surface area contributed by atoms with E-state index in [1.54, 1.807) is 37.1 Å². The number of carbonyl (C=O) groups excluding carboxylic acids is 1. The van der Waals surface area contributed by atoms with Gasteiger partial charge >= 0.3 is 0 Å². The smallest absolute Gasteiger partial charge is 0.212 e. The van der Waals surface area contributed by atoms with Crippen LogP contribution in [0.5, 0.6) is 5.75 Å². The minimum absolute atomic E-state index is 0.151. The highest BCUT2D eigenvalue weighted by atomic mass is 32.1. The minimum atomic E-state index is -0.476. The van der Waals surface area contributed by atoms with Crippen molar-refractivity contribution in [2.45, 2.75) is 26.2 Å². The normalized spacial score (nSPS) is 11.9. The average Bonchev–Trinajstić information content (AvgIpc) is 3.65. The molecule has 0 spiro atoms. The van der Waals surface area contributed by atoms with Gasteiger partial charge in [0.15, 0.2) is 23.0 Å². The summed E-state index contributed by atoms with van der Waals surface area (Å²) in [5, 5.41) is 13.0. The van der Waals surface area contributed by atoms with Gasteiger partial charge in [0.05, 0.1) is 23.4 Å². The van der Waals surface area contributed by atoms with Crippen LogP contribution in [-0.4, -0.2) is 80.2 Å². The molecule has 0 fully saturated rings. The number of rotatable bonds is 15. The van der Waals surface area contributed by atoms with Crippen LogP contribution < -0.4 is 20.7 Å².